The molecule has 0 saturated heterocycles. The SMILES string of the molecule is C=CCc1cc(C(=O)O)cc(O)c1O. The van der Waals surface area contributed by atoms with Crippen LogP contribution in [0.4, 0.5) is 0 Å². The fourth-order valence-corrected chi connectivity index (χ4v) is 1.11. The summed E-state index contributed by atoms with van der Waals surface area (Å²) in [7, 11) is 0. The van der Waals surface area contributed by atoms with Gasteiger partial charge in [-0.25, -0.2) is 4.79 Å². The predicted octanol–water partition coefficient (Wildman–Crippen LogP) is 1.52. The number of carboxylic acid groups (broad SMARTS) is 1. The highest BCUT2D eigenvalue weighted by molar-refractivity contribution is 5.89. The molecule has 0 unspecified atom stereocenters. The van der Waals surface area contributed by atoms with E-state index in [0.29, 0.717) is 12.0 Å². The Kier molecular flexibility index (Phi) is 2.76. The third kappa shape index (κ3) is 1.85. The second kappa shape index (κ2) is 3.83. The first-order chi connectivity index (χ1) is 6.56. The zero-order valence-electron chi connectivity index (χ0n) is 7.40. The standard InChI is InChI=1S/C10H10O4/c1-2-3-6-4-7(10(13)14)5-8(11)9(6)12/h2,4-5,11-12H,1,3H2,(H,13,14). The van der Waals surface area contributed by atoms with Crippen molar-refractivity contribution in [3.05, 3.63) is 35.9 Å². The zero-order valence-corrected chi connectivity index (χ0v) is 7.40. The van der Waals surface area contributed by atoms with Crippen LogP contribution in [-0.4, -0.2) is 21.3 Å². The van der Waals surface area contributed by atoms with E-state index >= 15 is 0 Å². The van der Waals surface area contributed by atoms with Crippen molar-refractivity contribution in [1.82, 2.24) is 0 Å². The van der Waals surface area contributed by atoms with Crippen molar-refractivity contribution in [2.75, 3.05) is 0 Å². The van der Waals surface area contributed by atoms with Crippen LogP contribution in [0.3, 0.4) is 0 Å². The fourth-order valence-electron chi connectivity index (χ4n) is 1.11. The van der Waals surface area contributed by atoms with Gasteiger partial charge in [-0.15, -0.1) is 6.58 Å². The number of carboxylic acids is 1. The van der Waals surface area contributed by atoms with Crippen molar-refractivity contribution >= 4 is 5.97 Å². The molecule has 0 fully saturated rings. The molecule has 1 aromatic carbocycles. The third-order valence-electron chi connectivity index (χ3n) is 1.78. The van der Waals surface area contributed by atoms with Gasteiger partial charge in [0.25, 0.3) is 0 Å². The van der Waals surface area contributed by atoms with Gasteiger partial charge in [0.2, 0.25) is 0 Å². The van der Waals surface area contributed by atoms with Gasteiger partial charge in [-0.1, -0.05) is 6.08 Å². The van der Waals surface area contributed by atoms with E-state index in [1.807, 2.05) is 0 Å². The van der Waals surface area contributed by atoms with Crippen molar-refractivity contribution in [2.45, 2.75) is 6.42 Å². The second-order valence-corrected chi connectivity index (χ2v) is 2.80. The molecule has 0 amide bonds. The van der Waals surface area contributed by atoms with E-state index in [-0.39, 0.29) is 11.3 Å². The smallest absolute Gasteiger partial charge is 0.335 e. The molecule has 0 atom stereocenters. The van der Waals surface area contributed by atoms with Gasteiger partial charge in [0, 0.05) is 5.56 Å². The van der Waals surface area contributed by atoms with E-state index in [9.17, 15) is 15.0 Å². The second-order valence-electron chi connectivity index (χ2n) is 2.80. The Morgan fingerprint density at radius 3 is 2.57 bits per heavy atom. The molecule has 0 aliphatic heterocycles. The summed E-state index contributed by atoms with van der Waals surface area (Å²) in [5.41, 5.74) is 0.287. The Morgan fingerprint density at radius 2 is 2.07 bits per heavy atom. The number of phenols is 2. The van der Waals surface area contributed by atoms with Crippen molar-refractivity contribution in [2.24, 2.45) is 0 Å². The topological polar surface area (TPSA) is 77.8 Å². The third-order valence-corrected chi connectivity index (χ3v) is 1.78. The van der Waals surface area contributed by atoms with Crippen LogP contribution in [0.1, 0.15) is 15.9 Å². The minimum Gasteiger partial charge on any atom is -0.504 e. The summed E-state index contributed by atoms with van der Waals surface area (Å²) in [6, 6.07) is 2.31. The molecule has 0 heterocycles. The van der Waals surface area contributed by atoms with E-state index < -0.39 is 11.7 Å². The molecule has 74 valence electrons. The van der Waals surface area contributed by atoms with Gasteiger partial charge < -0.3 is 15.3 Å². The van der Waals surface area contributed by atoms with Crippen LogP contribution in [-0.2, 0) is 6.42 Å². The Balaban J connectivity index is 3.27. The minimum absolute atomic E-state index is 0.0582. The molecule has 0 aliphatic carbocycles. The van der Waals surface area contributed by atoms with Gasteiger partial charge in [0.05, 0.1) is 5.56 Å². The molecule has 0 aliphatic rings. The maximum Gasteiger partial charge on any atom is 0.335 e. The largest absolute Gasteiger partial charge is 0.504 e. The molecule has 4 heteroatoms. The zero-order chi connectivity index (χ0) is 10.7. The molecule has 14 heavy (non-hydrogen) atoms. The predicted molar refractivity (Wildman–Crippen MR) is 50.6 cm³/mol. The molecule has 0 saturated carbocycles. The summed E-state index contributed by atoms with van der Waals surface area (Å²) < 4.78 is 0. The maximum atomic E-state index is 10.6. The monoisotopic (exact) mass is 194 g/mol. The first-order valence-electron chi connectivity index (χ1n) is 3.95. The first-order valence-corrected chi connectivity index (χ1v) is 3.95. The Hall–Kier alpha value is -1.97. The van der Waals surface area contributed by atoms with Crippen LogP contribution in [0, 0.1) is 0 Å². The summed E-state index contributed by atoms with van der Waals surface area (Å²) in [6.45, 7) is 3.46. The molecule has 3 N–H and O–H groups in total. The number of benzene rings is 1. The highest BCUT2D eigenvalue weighted by Gasteiger charge is 2.11. The summed E-state index contributed by atoms with van der Waals surface area (Å²) >= 11 is 0. The van der Waals surface area contributed by atoms with Gasteiger partial charge in [-0.3, -0.25) is 0 Å². The molecule has 0 spiro atoms. The lowest BCUT2D eigenvalue weighted by atomic mass is 10.1. The van der Waals surface area contributed by atoms with Crippen LogP contribution >= 0.6 is 0 Å². The molecule has 0 aromatic heterocycles. The van der Waals surface area contributed by atoms with Gasteiger partial charge in [-0.2, -0.15) is 0 Å². The summed E-state index contributed by atoms with van der Waals surface area (Å²) in [5.74, 6) is -1.87. The van der Waals surface area contributed by atoms with Gasteiger partial charge in [0.15, 0.2) is 11.5 Å². The van der Waals surface area contributed by atoms with Crippen LogP contribution in [0.25, 0.3) is 0 Å². The number of hydrogen-bond donors (Lipinski definition) is 3. The number of aromatic hydroxyl groups is 2. The van der Waals surface area contributed by atoms with Crippen molar-refractivity contribution in [3.63, 3.8) is 0 Å². The van der Waals surface area contributed by atoms with E-state index in [2.05, 4.69) is 6.58 Å². The normalized spacial score (nSPS) is 9.71. The van der Waals surface area contributed by atoms with Crippen molar-refractivity contribution < 1.29 is 20.1 Å². The number of phenolic OH excluding ortho intramolecular Hbond substituents is 2. The molecule has 4 nitrogen and oxygen atoms in total. The van der Waals surface area contributed by atoms with Crippen molar-refractivity contribution in [1.29, 1.82) is 0 Å². The molecule has 0 radical (unpaired) electrons. The van der Waals surface area contributed by atoms with Crippen LogP contribution in [0.5, 0.6) is 11.5 Å². The first kappa shape index (κ1) is 10.1. The highest BCUT2D eigenvalue weighted by atomic mass is 16.4. The summed E-state index contributed by atoms with van der Waals surface area (Å²) in [6.07, 6.45) is 1.82. The number of hydrogen-bond acceptors (Lipinski definition) is 3. The van der Waals surface area contributed by atoms with Crippen LogP contribution in [0.2, 0.25) is 0 Å². The van der Waals surface area contributed by atoms with Crippen molar-refractivity contribution in [3.8, 4) is 11.5 Å². The fraction of sp³-hybridized carbons (Fsp3) is 0.100. The van der Waals surface area contributed by atoms with E-state index in [4.69, 9.17) is 5.11 Å². The molecule has 0 bridgehead atoms. The van der Waals surface area contributed by atoms with Gasteiger partial charge in [0.1, 0.15) is 0 Å². The minimum atomic E-state index is -1.15. The number of allylic oxidation sites excluding steroid dienone is 1. The maximum absolute atomic E-state index is 10.6. The van der Waals surface area contributed by atoms with Gasteiger partial charge in [-0.05, 0) is 18.6 Å². The average Bonchev–Trinajstić information content (AvgIpc) is 2.12. The van der Waals surface area contributed by atoms with E-state index in [1.165, 1.54) is 12.1 Å². The number of carbonyl (C=O) groups is 1. The Bertz CT molecular complexity index is 382. The lowest BCUT2D eigenvalue weighted by Gasteiger charge is -2.05. The number of aromatic carboxylic acids is 1. The van der Waals surface area contributed by atoms with Gasteiger partial charge >= 0.3 is 5.97 Å². The van der Waals surface area contributed by atoms with E-state index in [1.54, 1.807) is 0 Å². The van der Waals surface area contributed by atoms with Crippen LogP contribution < -0.4 is 0 Å². The Labute approximate surface area is 80.7 Å². The Morgan fingerprint density at radius 1 is 1.43 bits per heavy atom. The quantitative estimate of drug-likeness (QED) is 0.503. The van der Waals surface area contributed by atoms with E-state index in [0.717, 1.165) is 6.07 Å². The summed E-state index contributed by atoms with van der Waals surface area (Å²) in [4.78, 5) is 10.6. The average molecular weight is 194 g/mol. The summed E-state index contributed by atoms with van der Waals surface area (Å²) in [5, 5.41) is 27.2. The number of rotatable bonds is 3. The molecule has 1 aromatic rings. The lowest BCUT2D eigenvalue weighted by Crippen LogP contribution is -1.97. The molecular formula is C10H10O4. The molecule has 1 rings (SSSR count). The lowest BCUT2D eigenvalue weighted by molar-refractivity contribution is 0.0696. The molecular weight excluding hydrogens is 184 g/mol. The highest BCUT2D eigenvalue weighted by Crippen LogP contribution is 2.30. The van der Waals surface area contributed by atoms with Crippen LogP contribution in [0.15, 0.2) is 24.8 Å².